The number of rotatable bonds is 86. The highest BCUT2D eigenvalue weighted by Gasteiger charge is 2.30. The van der Waals surface area contributed by atoms with Crippen LogP contribution in [0.25, 0.3) is 0 Å². The van der Waals surface area contributed by atoms with Gasteiger partial charge in [0.05, 0.1) is 26.4 Å². The van der Waals surface area contributed by atoms with Crippen LogP contribution in [0.3, 0.4) is 0 Å². The topological polar surface area (TPSA) is 237 Å². The summed E-state index contributed by atoms with van der Waals surface area (Å²) in [6.07, 6.45) is 77.2. The minimum Gasteiger partial charge on any atom is -0.462 e. The Morgan fingerprint density at radius 2 is 0.523 bits per heavy atom. The lowest BCUT2D eigenvalue weighted by molar-refractivity contribution is -0.161. The van der Waals surface area contributed by atoms with E-state index in [1.807, 2.05) is 0 Å². The molecule has 0 aromatic rings. The Hall–Kier alpha value is -2.46. The second kappa shape index (κ2) is 80.2. The molecule has 0 aliphatic heterocycles. The standard InChI is InChI=1S/C88H168O17P2/c1-6-10-13-16-19-22-25-28-31-33-35-36-38-40-43-46-49-52-59-64-69-74-87(92)104-83(77-98-85(90)71-66-61-56-50-47-44-42-39-37-34-32-29-26-23-20-17-14-11-7-2)79-102-106(94,95)100-75-82(89)76-101-107(96,97)103-80-84(78-99-86(91)72-67-62-57-54-53-55-60-65-70-81(5)9-4)105-88(93)73-68-63-58-51-48-45-41-30-27-24-21-18-15-12-8-3/h24,27,30,41,81-84,89H,6-23,25-26,28-29,31-40,42-80H2,1-5H3,(H,94,95)(H,96,97)/b27-24-,41-30-/t81?,82-,83-,84-/m1/s1. The van der Waals surface area contributed by atoms with Gasteiger partial charge in [-0.1, -0.05) is 399 Å². The van der Waals surface area contributed by atoms with Gasteiger partial charge in [-0.2, -0.15) is 0 Å². The quantitative estimate of drug-likeness (QED) is 0.0169. The van der Waals surface area contributed by atoms with E-state index in [0.717, 1.165) is 109 Å². The second-order valence-corrected chi connectivity index (χ2v) is 34.1. The van der Waals surface area contributed by atoms with Crippen molar-refractivity contribution in [2.75, 3.05) is 39.6 Å². The third-order valence-corrected chi connectivity index (χ3v) is 22.4. The first-order valence-electron chi connectivity index (χ1n) is 45.0. The highest BCUT2D eigenvalue weighted by molar-refractivity contribution is 7.47. The maximum absolute atomic E-state index is 13.2. The molecular weight excluding hydrogens is 1390 g/mol. The number of phosphoric acid groups is 2. The number of aliphatic hydroxyl groups is 1. The number of aliphatic hydroxyl groups excluding tert-OH is 1. The fraction of sp³-hybridized carbons (Fsp3) is 0.909. The van der Waals surface area contributed by atoms with Crippen molar-refractivity contribution in [3.63, 3.8) is 0 Å². The highest BCUT2D eigenvalue weighted by Crippen LogP contribution is 2.45. The average molecular weight is 1560 g/mol. The summed E-state index contributed by atoms with van der Waals surface area (Å²) in [6.45, 7) is 7.30. The Bertz CT molecular complexity index is 2130. The van der Waals surface area contributed by atoms with Gasteiger partial charge in [0.2, 0.25) is 0 Å². The van der Waals surface area contributed by atoms with Crippen molar-refractivity contribution < 1.29 is 80.2 Å². The normalized spacial score (nSPS) is 14.1. The van der Waals surface area contributed by atoms with E-state index in [1.54, 1.807) is 0 Å². The van der Waals surface area contributed by atoms with Crippen LogP contribution >= 0.6 is 15.6 Å². The number of carbonyl (C=O) groups excluding carboxylic acids is 4. The number of phosphoric ester groups is 2. The summed E-state index contributed by atoms with van der Waals surface area (Å²) in [5, 5.41) is 10.7. The van der Waals surface area contributed by atoms with Gasteiger partial charge in [0.15, 0.2) is 12.2 Å². The number of ether oxygens (including phenoxy) is 4. The minimum atomic E-state index is -4.97. The van der Waals surface area contributed by atoms with E-state index in [0.29, 0.717) is 25.7 Å². The molecule has 0 saturated carbocycles. The fourth-order valence-corrected chi connectivity index (χ4v) is 14.8. The highest BCUT2D eigenvalue weighted by atomic mass is 31.2. The van der Waals surface area contributed by atoms with Gasteiger partial charge in [-0.3, -0.25) is 37.3 Å². The first kappa shape index (κ1) is 105. The number of hydrogen-bond donors (Lipinski definition) is 3. The van der Waals surface area contributed by atoms with E-state index in [4.69, 9.17) is 37.0 Å². The lowest BCUT2D eigenvalue weighted by atomic mass is 9.99. The van der Waals surface area contributed by atoms with Crippen molar-refractivity contribution in [1.82, 2.24) is 0 Å². The molecule has 0 aromatic carbocycles. The van der Waals surface area contributed by atoms with Crippen LogP contribution in [0.2, 0.25) is 0 Å². The van der Waals surface area contributed by atoms with Crippen molar-refractivity contribution >= 4 is 39.5 Å². The average Bonchev–Trinajstić information content (AvgIpc) is 0.900. The van der Waals surface area contributed by atoms with Gasteiger partial charge in [-0.15, -0.1) is 0 Å². The van der Waals surface area contributed by atoms with Crippen LogP contribution in [0.1, 0.15) is 452 Å². The first-order chi connectivity index (χ1) is 52.1. The Balaban J connectivity index is 5.27. The van der Waals surface area contributed by atoms with Crippen LogP contribution in [0, 0.1) is 5.92 Å². The third kappa shape index (κ3) is 80.0. The molecule has 0 heterocycles. The van der Waals surface area contributed by atoms with E-state index in [9.17, 15) is 43.2 Å². The lowest BCUT2D eigenvalue weighted by Crippen LogP contribution is -2.30. The molecule has 632 valence electrons. The molecular formula is C88H168O17P2. The molecule has 0 saturated heterocycles. The Labute approximate surface area is 656 Å². The summed E-state index contributed by atoms with van der Waals surface area (Å²) in [5.74, 6) is -1.36. The van der Waals surface area contributed by atoms with Crippen molar-refractivity contribution in [3.8, 4) is 0 Å². The van der Waals surface area contributed by atoms with E-state index in [1.165, 1.54) is 263 Å². The van der Waals surface area contributed by atoms with Gasteiger partial charge in [0, 0.05) is 25.7 Å². The zero-order valence-electron chi connectivity index (χ0n) is 69.8. The predicted octanol–water partition coefficient (Wildman–Crippen LogP) is 26.7. The summed E-state index contributed by atoms with van der Waals surface area (Å²) in [6, 6.07) is 0. The number of hydrogen-bond acceptors (Lipinski definition) is 15. The van der Waals surface area contributed by atoms with Gasteiger partial charge in [-0.05, 0) is 57.3 Å². The molecule has 0 bridgehead atoms. The van der Waals surface area contributed by atoms with Gasteiger partial charge in [0.25, 0.3) is 0 Å². The van der Waals surface area contributed by atoms with Gasteiger partial charge >= 0.3 is 39.5 Å². The molecule has 0 rings (SSSR count). The van der Waals surface area contributed by atoms with Crippen LogP contribution in [0.5, 0.6) is 0 Å². The predicted molar refractivity (Wildman–Crippen MR) is 441 cm³/mol. The molecule has 0 aromatic heterocycles. The summed E-state index contributed by atoms with van der Waals surface area (Å²) in [7, 11) is -9.94. The van der Waals surface area contributed by atoms with E-state index >= 15 is 0 Å². The molecule has 6 atom stereocenters. The van der Waals surface area contributed by atoms with Gasteiger partial charge < -0.3 is 33.8 Å². The monoisotopic (exact) mass is 1560 g/mol. The molecule has 0 amide bonds. The molecule has 0 radical (unpaired) electrons. The van der Waals surface area contributed by atoms with Crippen molar-refractivity contribution in [3.05, 3.63) is 24.3 Å². The molecule has 0 aliphatic carbocycles. The summed E-state index contributed by atoms with van der Waals surface area (Å²) >= 11 is 0. The summed E-state index contributed by atoms with van der Waals surface area (Å²) < 4.78 is 68.9. The zero-order chi connectivity index (χ0) is 78.3. The van der Waals surface area contributed by atoms with E-state index in [2.05, 4.69) is 58.9 Å². The SMILES string of the molecule is CCCCCC/C=C\C=C/CCCCCCCC(=O)O[C@H](COC(=O)CCCCCCCCCCC(C)CC)COP(=O)(O)OC[C@H](O)COP(=O)(O)OC[C@@H](COC(=O)CCCCCCCCCCCCCCCCCCCCC)OC(=O)CCCCCCCCCCCCCCCCCCCCCCC. The molecule has 3 N–H and O–H groups in total. The fourth-order valence-electron chi connectivity index (χ4n) is 13.3. The van der Waals surface area contributed by atoms with Crippen molar-refractivity contribution in [1.29, 1.82) is 0 Å². The van der Waals surface area contributed by atoms with Gasteiger partial charge in [0.1, 0.15) is 19.3 Å². The Kier molecular flexibility index (Phi) is 78.3. The number of unbranched alkanes of at least 4 members (excludes halogenated alkanes) is 54. The third-order valence-electron chi connectivity index (χ3n) is 20.5. The molecule has 3 unspecified atom stereocenters. The Morgan fingerprint density at radius 3 is 0.794 bits per heavy atom. The largest absolute Gasteiger partial charge is 0.472 e. The molecule has 0 spiro atoms. The van der Waals surface area contributed by atoms with Crippen molar-refractivity contribution in [2.45, 2.75) is 470 Å². The van der Waals surface area contributed by atoms with Crippen LogP contribution in [0.4, 0.5) is 0 Å². The second-order valence-electron chi connectivity index (χ2n) is 31.2. The molecule has 107 heavy (non-hydrogen) atoms. The number of esters is 4. The van der Waals surface area contributed by atoms with Crippen LogP contribution in [-0.4, -0.2) is 96.7 Å². The molecule has 19 heteroatoms. The Morgan fingerprint density at radius 1 is 0.299 bits per heavy atom. The van der Waals surface area contributed by atoms with E-state index < -0.39 is 97.5 Å². The maximum atomic E-state index is 13.2. The maximum Gasteiger partial charge on any atom is 0.472 e. The smallest absolute Gasteiger partial charge is 0.462 e. The lowest BCUT2D eigenvalue weighted by Gasteiger charge is -2.21. The minimum absolute atomic E-state index is 0.0851. The van der Waals surface area contributed by atoms with E-state index in [-0.39, 0.29) is 25.7 Å². The zero-order valence-corrected chi connectivity index (χ0v) is 71.6. The molecule has 0 fully saturated rings. The first-order valence-corrected chi connectivity index (χ1v) is 48.0. The summed E-state index contributed by atoms with van der Waals surface area (Å²) in [5.41, 5.74) is 0. The van der Waals surface area contributed by atoms with Crippen molar-refractivity contribution in [2.24, 2.45) is 5.92 Å². The van der Waals surface area contributed by atoms with Crippen LogP contribution in [0.15, 0.2) is 24.3 Å². The number of allylic oxidation sites excluding steroid dienone is 4. The van der Waals surface area contributed by atoms with Crippen LogP contribution in [-0.2, 0) is 65.4 Å². The van der Waals surface area contributed by atoms with Crippen LogP contribution < -0.4 is 0 Å². The molecule has 0 aliphatic rings. The summed E-state index contributed by atoms with van der Waals surface area (Å²) in [4.78, 5) is 73.3. The molecule has 17 nitrogen and oxygen atoms in total. The van der Waals surface area contributed by atoms with Gasteiger partial charge in [-0.25, -0.2) is 9.13 Å². The number of carbonyl (C=O) groups is 4.